The molecule has 0 aliphatic heterocycles. The smallest absolute Gasteiger partial charge is 0.294 e. The van der Waals surface area contributed by atoms with E-state index in [2.05, 4.69) is 10.2 Å². The molecule has 0 fully saturated rings. The van der Waals surface area contributed by atoms with Gasteiger partial charge >= 0.3 is 0 Å². The molecule has 74 valence electrons. The summed E-state index contributed by atoms with van der Waals surface area (Å²) >= 11 is 0. The van der Waals surface area contributed by atoms with Gasteiger partial charge in [-0.05, 0) is 0 Å². The minimum absolute atomic E-state index is 0.139. The van der Waals surface area contributed by atoms with Crippen molar-refractivity contribution in [2.24, 2.45) is 0 Å². The third-order valence-electron chi connectivity index (χ3n) is 0.726. The Kier molecular flexibility index (Phi) is 14.5. The van der Waals surface area contributed by atoms with E-state index in [-0.39, 0.29) is 13.2 Å². The molecule has 0 saturated heterocycles. The molecule has 7 heteroatoms. The quantitative estimate of drug-likeness (QED) is 0.268. The largest absolute Gasteiger partial charge is 0.395 e. The van der Waals surface area contributed by atoms with Crippen LogP contribution in [0.4, 0.5) is 0 Å². The van der Waals surface area contributed by atoms with Gasteiger partial charge < -0.3 is 20.4 Å². The second-order valence-electron chi connectivity index (χ2n) is 1.60. The van der Waals surface area contributed by atoms with Crippen molar-refractivity contribution in [1.29, 1.82) is 0 Å². The van der Waals surface area contributed by atoms with Crippen molar-refractivity contribution < 1.29 is 20.1 Å². The summed E-state index contributed by atoms with van der Waals surface area (Å²) < 4.78 is 0. The highest BCUT2D eigenvalue weighted by molar-refractivity contribution is 4.39. The third-order valence-corrected chi connectivity index (χ3v) is 0.726. The number of hydrogen-bond acceptors (Lipinski definition) is 6. The van der Waals surface area contributed by atoms with E-state index in [1.54, 1.807) is 0 Å². The number of rotatable bonds is 5. The lowest BCUT2D eigenvalue weighted by atomic mass is 10.6. The fraction of sp³-hybridized carbons (Fsp3) is 1.00. The minimum Gasteiger partial charge on any atom is -0.395 e. The predicted molar refractivity (Wildman–Crippen MR) is 41.0 cm³/mol. The van der Waals surface area contributed by atoms with Crippen molar-refractivity contribution in [3.8, 4) is 0 Å². The van der Waals surface area contributed by atoms with E-state index in [4.69, 9.17) is 20.3 Å². The van der Waals surface area contributed by atoms with Crippen LogP contribution in [0.3, 0.4) is 0 Å². The number of nitrogens with one attached hydrogen (secondary N) is 1. The van der Waals surface area contributed by atoms with Gasteiger partial charge in [0.2, 0.25) is 0 Å². The van der Waals surface area contributed by atoms with Gasteiger partial charge in [0.15, 0.2) is 0 Å². The average Bonchev–Trinajstić information content (AvgIpc) is 2.07. The summed E-state index contributed by atoms with van der Waals surface area (Å²) in [5.74, 6) is 0. The van der Waals surface area contributed by atoms with E-state index in [0.29, 0.717) is 13.1 Å². The van der Waals surface area contributed by atoms with Crippen LogP contribution < -0.4 is 5.32 Å². The summed E-state index contributed by atoms with van der Waals surface area (Å²) in [6.45, 7) is 1.42. The van der Waals surface area contributed by atoms with Gasteiger partial charge in [0, 0.05) is 13.1 Å². The first-order chi connectivity index (χ1) is 5.68. The third kappa shape index (κ3) is 23.0. The average molecular weight is 182 g/mol. The Bertz CT molecular complexity index is 95.8. The van der Waals surface area contributed by atoms with Gasteiger partial charge in [-0.3, -0.25) is 0 Å². The van der Waals surface area contributed by atoms with Crippen LogP contribution in [0.25, 0.3) is 0 Å². The molecule has 0 radical (unpaired) electrons. The topological polar surface area (TPSA) is 105 Å². The lowest BCUT2D eigenvalue weighted by Crippen LogP contribution is -2.21. The Morgan fingerprint density at radius 1 is 1.42 bits per heavy atom. The Hall–Kier alpha value is -0.920. The first-order valence-corrected chi connectivity index (χ1v) is 3.30. The Morgan fingerprint density at radius 2 is 1.75 bits per heavy atom. The van der Waals surface area contributed by atoms with Crippen LogP contribution in [0.2, 0.25) is 0 Å². The Balaban J connectivity index is 0. The molecule has 0 heterocycles. The Morgan fingerprint density at radius 3 is 1.92 bits per heavy atom. The molecule has 0 rings (SSSR count). The summed E-state index contributed by atoms with van der Waals surface area (Å²) in [7, 11) is 1.00. The van der Waals surface area contributed by atoms with Crippen molar-refractivity contribution in [3.63, 3.8) is 0 Å². The molecule has 0 unspecified atom stereocenters. The molecule has 0 spiro atoms. The van der Waals surface area contributed by atoms with Crippen LogP contribution in [0.5, 0.6) is 0 Å². The second kappa shape index (κ2) is 12.7. The molecule has 0 aromatic carbocycles. The molecule has 0 aromatic heterocycles. The summed E-state index contributed by atoms with van der Waals surface area (Å²) in [6, 6.07) is 0. The zero-order valence-electron chi connectivity index (χ0n) is 6.89. The molecule has 3 N–H and O–H groups in total. The Labute approximate surface area is 70.1 Å². The SMILES string of the molecule is CO[N+](=O)[O-].OCCNCCO. The maximum absolute atomic E-state index is 8.95. The lowest BCUT2D eigenvalue weighted by molar-refractivity contribution is -0.749. The fourth-order valence-corrected chi connectivity index (χ4v) is 0.283. The fourth-order valence-electron chi connectivity index (χ4n) is 0.283. The minimum atomic E-state index is -0.875. The first kappa shape index (κ1) is 13.7. The van der Waals surface area contributed by atoms with Crippen molar-refractivity contribution in [2.45, 2.75) is 0 Å². The molecule has 0 aliphatic carbocycles. The highest BCUT2D eigenvalue weighted by Crippen LogP contribution is 1.57. The summed E-state index contributed by atoms with van der Waals surface area (Å²) in [5.41, 5.74) is 0. The normalized spacial score (nSPS) is 8.25. The van der Waals surface area contributed by atoms with Gasteiger partial charge in [0.1, 0.15) is 0 Å². The lowest BCUT2D eigenvalue weighted by Gasteiger charge is -1.94. The second-order valence-corrected chi connectivity index (χ2v) is 1.60. The van der Waals surface area contributed by atoms with Gasteiger partial charge in [-0.2, -0.15) is 0 Å². The molecule has 0 aromatic rings. The molecule has 0 bridgehead atoms. The number of nitrogens with zero attached hydrogens (tertiary/aromatic N) is 1. The van der Waals surface area contributed by atoms with Crippen molar-refractivity contribution in [3.05, 3.63) is 10.1 Å². The van der Waals surface area contributed by atoms with E-state index < -0.39 is 5.09 Å². The standard InChI is InChI=1S/C4H11NO2.CH3NO3/c6-3-1-5-2-4-7;1-5-2(3)4/h5-7H,1-4H2;1H3. The van der Waals surface area contributed by atoms with Crippen LogP contribution in [-0.2, 0) is 4.84 Å². The van der Waals surface area contributed by atoms with Crippen LogP contribution in [0, 0.1) is 10.1 Å². The molecule has 0 aliphatic rings. The van der Waals surface area contributed by atoms with E-state index in [9.17, 15) is 0 Å². The van der Waals surface area contributed by atoms with Gasteiger partial charge in [0.05, 0.1) is 20.3 Å². The molecule has 12 heavy (non-hydrogen) atoms. The summed E-state index contributed by atoms with van der Waals surface area (Å²) in [4.78, 5) is 12.4. The zero-order chi connectivity index (χ0) is 9.82. The van der Waals surface area contributed by atoms with Crippen LogP contribution in [-0.4, -0.2) is 48.7 Å². The maximum atomic E-state index is 8.95. The van der Waals surface area contributed by atoms with Gasteiger partial charge in [-0.1, -0.05) is 0 Å². The van der Waals surface area contributed by atoms with E-state index >= 15 is 0 Å². The molecule has 0 atom stereocenters. The highest BCUT2D eigenvalue weighted by atomic mass is 16.9. The summed E-state index contributed by atoms with van der Waals surface area (Å²) in [6.07, 6.45) is 0. The van der Waals surface area contributed by atoms with Crippen molar-refractivity contribution in [1.82, 2.24) is 5.32 Å². The van der Waals surface area contributed by atoms with Crippen molar-refractivity contribution in [2.75, 3.05) is 33.4 Å². The molecule has 0 saturated carbocycles. The predicted octanol–water partition coefficient (Wildman–Crippen LogP) is -1.61. The van der Waals surface area contributed by atoms with Crippen LogP contribution >= 0.6 is 0 Å². The molecular weight excluding hydrogens is 168 g/mol. The molecule has 0 amide bonds. The summed E-state index contributed by atoms with van der Waals surface area (Å²) in [5, 5.41) is 27.2. The van der Waals surface area contributed by atoms with Gasteiger partial charge in [0.25, 0.3) is 5.09 Å². The van der Waals surface area contributed by atoms with E-state index in [1.165, 1.54) is 0 Å². The molecule has 7 nitrogen and oxygen atoms in total. The van der Waals surface area contributed by atoms with E-state index in [0.717, 1.165) is 7.11 Å². The van der Waals surface area contributed by atoms with Crippen molar-refractivity contribution >= 4 is 0 Å². The zero-order valence-corrected chi connectivity index (χ0v) is 6.89. The first-order valence-electron chi connectivity index (χ1n) is 3.30. The number of aliphatic hydroxyl groups excluding tert-OH is 2. The van der Waals surface area contributed by atoms with Crippen LogP contribution in [0.15, 0.2) is 0 Å². The molecular formula is C5H14N2O5. The number of hydrogen-bond donors (Lipinski definition) is 3. The highest BCUT2D eigenvalue weighted by Gasteiger charge is 1.78. The monoisotopic (exact) mass is 182 g/mol. The van der Waals surface area contributed by atoms with Crippen LogP contribution in [0.1, 0.15) is 0 Å². The maximum Gasteiger partial charge on any atom is 0.294 e. The number of aliphatic hydroxyl groups is 2. The van der Waals surface area contributed by atoms with E-state index in [1.807, 2.05) is 0 Å². The van der Waals surface area contributed by atoms with Gasteiger partial charge in [-0.25, -0.2) is 0 Å². The van der Waals surface area contributed by atoms with Gasteiger partial charge in [-0.15, -0.1) is 10.1 Å².